The number of fused-ring (bicyclic) bond motifs is 1. The van der Waals surface area contributed by atoms with Crippen molar-refractivity contribution in [3.05, 3.63) is 89.5 Å². The molecule has 0 spiro atoms. The molecule has 3 N–H and O–H groups in total. The summed E-state index contributed by atoms with van der Waals surface area (Å²) in [5.41, 5.74) is 4.06. The highest BCUT2D eigenvalue weighted by Crippen LogP contribution is 2.32. The highest BCUT2D eigenvalue weighted by atomic mass is 16.5. The van der Waals surface area contributed by atoms with Crippen LogP contribution in [0.1, 0.15) is 29.7 Å². The third kappa shape index (κ3) is 5.28. The van der Waals surface area contributed by atoms with Gasteiger partial charge in [-0.1, -0.05) is 48.5 Å². The molecule has 0 saturated carbocycles. The van der Waals surface area contributed by atoms with E-state index in [-0.39, 0.29) is 18.6 Å². The van der Waals surface area contributed by atoms with E-state index in [0.29, 0.717) is 31.1 Å². The lowest BCUT2D eigenvalue weighted by atomic mass is 10.1. The molecule has 0 fully saturated rings. The summed E-state index contributed by atoms with van der Waals surface area (Å²) in [6.07, 6.45) is 0.222. The number of anilines is 1. The van der Waals surface area contributed by atoms with Gasteiger partial charge in [0.15, 0.2) is 18.1 Å². The van der Waals surface area contributed by atoms with Crippen molar-refractivity contribution in [3.8, 4) is 11.5 Å². The quantitative estimate of drug-likeness (QED) is 0.479. The highest BCUT2D eigenvalue weighted by Gasteiger charge is 2.30. The lowest BCUT2D eigenvalue weighted by Gasteiger charge is -2.19. The van der Waals surface area contributed by atoms with Gasteiger partial charge in [-0.3, -0.25) is 4.79 Å². The fraction of sp³-hybridized carbons (Fsp3) is 0.269. The first-order valence-corrected chi connectivity index (χ1v) is 10.9. The second-order valence-corrected chi connectivity index (χ2v) is 7.75. The maximum atomic E-state index is 12.2. The van der Waals surface area contributed by atoms with Gasteiger partial charge in [0.2, 0.25) is 0 Å². The zero-order valence-electron chi connectivity index (χ0n) is 18.1. The number of carbonyl (C=O) groups excluding carboxylic acids is 1. The Morgan fingerprint density at radius 2 is 1.78 bits per heavy atom. The number of hydrogen-bond donors (Lipinski definition) is 3. The molecule has 6 nitrogen and oxygen atoms in total. The summed E-state index contributed by atoms with van der Waals surface area (Å²) >= 11 is 0. The van der Waals surface area contributed by atoms with Crippen LogP contribution >= 0.6 is 0 Å². The summed E-state index contributed by atoms with van der Waals surface area (Å²) in [5.74, 6) is 0.870. The monoisotopic (exact) mass is 432 g/mol. The third-order valence-corrected chi connectivity index (χ3v) is 5.45. The molecule has 1 amide bonds. The van der Waals surface area contributed by atoms with Crippen molar-refractivity contribution in [1.29, 1.82) is 0 Å². The number of hydrogen-bond acceptors (Lipinski definition) is 5. The van der Waals surface area contributed by atoms with Gasteiger partial charge in [0.25, 0.3) is 5.91 Å². The predicted octanol–water partition coefficient (Wildman–Crippen LogP) is 3.85. The van der Waals surface area contributed by atoms with Gasteiger partial charge >= 0.3 is 0 Å². The van der Waals surface area contributed by atoms with Gasteiger partial charge in [-0.2, -0.15) is 0 Å². The molecule has 166 valence electrons. The Labute approximate surface area is 188 Å². The molecule has 1 aliphatic rings. The molecule has 0 bridgehead atoms. The van der Waals surface area contributed by atoms with E-state index in [9.17, 15) is 9.90 Å². The van der Waals surface area contributed by atoms with E-state index in [1.54, 1.807) is 0 Å². The topological polar surface area (TPSA) is 79.8 Å². The number of benzene rings is 3. The summed E-state index contributed by atoms with van der Waals surface area (Å²) in [5, 5.41) is 16.7. The van der Waals surface area contributed by atoms with E-state index >= 15 is 0 Å². The zero-order chi connectivity index (χ0) is 22.3. The van der Waals surface area contributed by atoms with E-state index in [0.717, 1.165) is 16.8 Å². The number of rotatable bonds is 9. The lowest BCUT2D eigenvalue weighted by Crippen LogP contribution is -2.28. The van der Waals surface area contributed by atoms with Crippen LogP contribution in [0.4, 0.5) is 5.69 Å². The Hall–Kier alpha value is -3.35. The van der Waals surface area contributed by atoms with Gasteiger partial charge in [0.1, 0.15) is 0 Å². The van der Waals surface area contributed by atoms with Crippen LogP contribution in [0.15, 0.2) is 72.8 Å². The molecule has 4 rings (SSSR count). The SMILES string of the molecule is CCOc1cc(CN[C@@H]2c3ccccc3C[C@@H]2O)ccc1OCC(=O)Nc1ccccc1. The van der Waals surface area contributed by atoms with Gasteiger partial charge in [-0.25, -0.2) is 0 Å². The van der Waals surface area contributed by atoms with Gasteiger partial charge in [0, 0.05) is 18.7 Å². The number of para-hydroxylation sites is 1. The Kier molecular flexibility index (Phi) is 7.04. The van der Waals surface area contributed by atoms with Gasteiger partial charge in [-0.05, 0) is 47.9 Å². The van der Waals surface area contributed by atoms with Gasteiger partial charge in [0.05, 0.1) is 18.8 Å². The Morgan fingerprint density at radius 3 is 2.59 bits per heavy atom. The first kappa shape index (κ1) is 21.9. The Morgan fingerprint density at radius 1 is 1.00 bits per heavy atom. The van der Waals surface area contributed by atoms with Crippen molar-refractivity contribution in [2.45, 2.75) is 32.0 Å². The average molecular weight is 433 g/mol. The molecule has 2 atom stereocenters. The van der Waals surface area contributed by atoms with Crippen LogP contribution in [0.2, 0.25) is 0 Å². The second-order valence-electron chi connectivity index (χ2n) is 7.75. The normalized spacial score (nSPS) is 16.9. The maximum Gasteiger partial charge on any atom is 0.262 e. The molecule has 0 unspecified atom stereocenters. The number of nitrogens with one attached hydrogen (secondary N) is 2. The van der Waals surface area contributed by atoms with E-state index in [2.05, 4.69) is 22.8 Å². The molecular formula is C26H28N2O4. The van der Waals surface area contributed by atoms with Gasteiger partial charge < -0.3 is 25.2 Å². The zero-order valence-corrected chi connectivity index (χ0v) is 18.1. The van der Waals surface area contributed by atoms with Crippen LogP contribution in [0.3, 0.4) is 0 Å². The summed E-state index contributed by atoms with van der Waals surface area (Å²) in [7, 11) is 0. The minimum Gasteiger partial charge on any atom is -0.490 e. The fourth-order valence-corrected chi connectivity index (χ4v) is 3.96. The van der Waals surface area contributed by atoms with Crippen molar-refractivity contribution in [2.24, 2.45) is 0 Å². The third-order valence-electron chi connectivity index (χ3n) is 5.45. The lowest BCUT2D eigenvalue weighted by molar-refractivity contribution is -0.118. The molecule has 0 aromatic heterocycles. The minimum absolute atomic E-state index is 0.0978. The molecule has 32 heavy (non-hydrogen) atoms. The maximum absolute atomic E-state index is 12.2. The number of aliphatic hydroxyl groups is 1. The fourth-order valence-electron chi connectivity index (χ4n) is 3.96. The van der Waals surface area contributed by atoms with Crippen molar-refractivity contribution < 1.29 is 19.4 Å². The van der Waals surface area contributed by atoms with Gasteiger partial charge in [-0.15, -0.1) is 0 Å². The van der Waals surface area contributed by atoms with Crippen LogP contribution in [0.5, 0.6) is 11.5 Å². The smallest absolute Gasteiger partial charge is 0.262 e. The van der Waals surface area contributed by atoms with Crippen LogP contribution in [-0.4, -0.2) is 30.3 Å². The molecule has 0 saturated heterocycles. The van der Waals surface area contributed by atoms with Crippen LogP contribution in [0.25, 0.3) is 0 Å². The summed E-state index contributed by atoms with van der Waals surface area (Å²) in [6.45, 7) is 2.85. The summed E-state index contributed by atoms with van der Waals surface area (Å²) in [6, 6.07) is 23.0. The highest BCUT2D eigenvalue weighted by molar-refractivity contribution is 5.91. The van der Waals surface area contributed by atoms with Crippen molar-refractivity contribution in [1.82, 2.24) is 5.32 Å². The number of carbonyl (C=O) groups is 1. The molecule has 0 heterocycles. The van der Waals surface area contributed by atoms with Crippen molar-refractivity contribution in [2.75, 3.05) is 18.5 Å². The van der Waals surface area contributed by atoms with E-state index in [4.69, 9.17) is 9.47 Å². The molecule has 0 aliphatic heterocycles. The molecule has 3 aromatic rings. The summed E-state index contributed by atoms with van der Waals surface area (Å²) < 4.78 is 11.5. The first-order chi connectivity index (χ1) is 15.6. The van der Waals surface area contributed by atoms with Crippen LogP contribution in [0, 0.1) is 0 Å². The van der Waals surface area contributed by atoms with Crippen molar-refractivity contribution in [3.63, 3.8) is 0 Å². The Balaban J connectivity index is 1.38. The van der Waals surface area contributed by atoms with Crippen LogP contribution < -0.4 is 20.1 Å². The molecular weight excluding hydrogens is 404 g/mol. The van der Waals surface area contributed by atoms with E-state index in [1.165, 1.54) is 5.56 Å². The molecule has 1 aliphatic carbocycles. The van der Waals surface area contributed by atoms with E-state index in [1.807, 2.05) is 67.6 Å². The number of aliphatic hydroxyl groups excluding tert-OH is 1. The number of amides is 1. The minimum atomic E-state index is -0.440. The first-order valence-electron chi connectivity index (χ1n) is 10.9. The largest absolute Gasteiger partial charge is 0.490 e. The van der Waals surface area contributed by atoms with Crippen LogP contribution in [-0.2, 0) is 17.8 Å². The molecule has 3 aromatic carbocycles. The van der Waals surface area contributed by atoms with E-state index < -0.39 is 6.10 Å². The standard InChI is InChI=1S/C26H28N2O4/c1-2-31-24-14-18(16-27-26-21-11-7-6-8-19(21)15-22(26)29)12-13-23(24)32-17-25(30)28-20-9-4-3-5-10-20/h3-14,22,26-27,29H,2,15-17H2,1H3,(H,28,30)/t22-,26+/m0/s1. The van der Waals surface area contributed by atoms with Crippen molar-refractivity contribution >= 4 is 11.6 Å². The molecule has 0 radical (unpaired) electrons. The summed E-state index contributed by atoms with van der Waals surface area (Å²) in [4.78, 5) is 12.2. The number of ether oxygens (including phenoxy) is 2. The predicted molar refractivity (Wildman–Crippen MR) is 124 cm³/mol. The molecule has 6 heteroatoms. The Bertz CT molecular complexity index is 1050. The second kappa shape index (κ2) is 10.3. The average Bonchev–Trinajstić information content (AvgIpc) is 3.13.